The van der Waals surface area contributed by atoms with Gasteiger partial charge in [-0.1, -0.05) is 43.3 Å². The first-order valence-corrected chi connectivity index (χ1v) is 7.38. The third-order valence-electron chi connectivity index (χ3n) is 3.69. The monoisotopic (exact) mass is 267 g/mol. The molecule has 1 N–H and O–H groups in total. The second kappa shape index (κ2) is 6.06. The number of pyridine rings is 1. The van der Waals surface area contributed by atoms with E-state index in [1.165, 1.54) is 10.8 Å². The smallest absolute Gasteiger partial charge is 0.137 e. The highest BCUT2D eigenvalue weighted by molar-refractivity contribution is 5.92. The first-order valence-electron chi connectivity index (χ1n) is 7.38. The SMILES string of the molecule is CCNCc1cc2ccccc2c(N2CC=CCC2)n1. The number of hydrogen-bond donors (Lipinski definition) is 1. The van der Waals surface area contributed by atoms with Crippen molar-refractivity contribution in [3.63, 3.8) is 0 Å². The zero-order chi connectivity index (χ0) is 13.8. The van der Waals surface area contributed by atoms with Crippen molar-refractivity contribution in [2.24, 2.45) is 0 Å². The fraction of sp³-hybridized carbons (Fsp3) is 0.353. The van der Waals surface area contributed by atoms with Crippen LogP contribution in [-0.4, -0.2) is 24.6 Å². The average Bonchev–Trinajstić information content (AvgIpc) is 2.53. The van der Waals surface area contributed by atoms with Crippen LogP contribution in [0.5, 0.6) is 0 Å². The van der Waals surface area contributed by atoms with Gasteiger partial charge in [-0.05, 0) is 24.4 Å². The van der Waals surface area contributed by atoms with E-state index in [4.69, 9.17) is 4.98 Å². The number of fused-ring (bicyclic) bond motifs is 1. The Labute approximate surface area is 120 Å². The maximum atomic E-state index is 4.89. The molecule has 0 fully saturated rings. The average molecular weight is 267 g/mol. The van der Waals surface area contributed by atoms with Crippen LogP contribution >= 0.6 is 0 Å². The first-order chi connectivity index (χ1) is 9.88. The van der Waals surface area contributed by atoms with E-state index in [0.717, 1.165) is 44.1 Å². The molecule has 2 heterocycles. The Hall–Kier alpha value is -1.87. The van der Waals surface area contributed by atoms with E-state index >= 15 is 0 Å². The number of anilines is 1. The minimum atomic E-state index is 0.831. The molecule has 1 aromatic carbocycles. The van der Waals surface area contributed by atoms with Gasteiger partial charge in [0.25, 0.3) is 0 Å². The number of hydrogen-bond acceptors (Lipinski definition) is 3. The topological polar surface area (TPSA) is 28.2 Å². The van der Waals surface area contributed by atoms with Gasteiger partial charge in [0.2, 0.25) is 0 Å². The molecule has 0 spiro atoms. The molecule has 0 bridgehead atoms. The standard InChI is InChI=1S/C17H21N3/c1-2-18-13-15-12-14-8-4-5-9-16(14)17(19-15)20-10-6-3-7-11-20/h3-6,8-9,12,18H,2,7,10-11,13H2,1H3. The number of aromatic nitrogens is 1. The highest BCUT2D eigenvalue weighted by Gasteiger charge is 2.13. The molecule has 104 valence electrons. The first kappa shape index (κ1) is 13.1. The van der Waals surface area contributed by atoms with Gasteiger partial charge in [-0.3, -0.25) is 0 Å². The van der Waals surface area contributed by atoms with Crippen LogP contribution in [-0.2, 0) is 6.54 Å². The van der Waals surface area contributed by atoms with E-state index < -0.39 is 0 Å². The van der Waals surface area contributed by atoms with Gasteiger partial charge in [-0.2, -0.15) is 0 Å². The largest absolute Gasteiger partial charge is 0.352 e. The molecular formula is C17H21N3. The van der Waals surface area contributed by atoms with E-state index in [1.54, 1.807) is 0 Å². The fourth-order valence-electron chi connectivity index (χ4n) is 2.65. The summed E-state index contributed by atoms with van der Waals surface area (Å²) in [6.07, 6.45) is 5.59. The Morgan fingerprint density at radius 1 is 1.25 bits per heavy atom. The molecule has 20 heavy (non-hydrogen) atoms. The lowest BCUT2D eigenvalue weighted by Gasteiger charge is -2.26. The van der Waals surface area contributed by atoms with Crippen molar-refractivity contribution in [3.05, 3.63) is 48.2 Å². The van der Waals surface area contributed by atoms with Crippen LogP contribution in [0.1, 0.15) is 19.0 Å². The van der Waals surface area contributed by atoms with Crippen LogP contribution in [0.15, 0.2) is 42.5 Å². The van der Waals surface area contributed by atoms with E-state index in [-0.39, 0.29) is 0 Å². The van der Waals surface area contributed by atoms with Gasteiger partial charge in [0.15, 0.2) is 0 Å². The minimum Gasteiger partial charge on any atom is -0.352 e. The minimum absolute atomic E-state index is 0.831. The van der Waals surface area contributed by atoms with Gasteiger partial charge in [0, 0.05) is 25.0 Å². The molecule has 1 aliphatic heterocycles. The Kier molecular flexibility index (Phi) is 3.97. The van der Waals surface area contributed by atoms with Crippen molar-refractivity contribution in [1.29, 1.82) is 0 Å². The summed E-state index contributed by atoms with van der Waals surface area (Å²) in [4.78, 5) is 7.26. The zero-order valence-electron chi connectivity index (χ0n) is 12.0. The van der Waals surface area contributed by atoms with Crippen LogP contribution in [0, 0.1) is 0 Å². The Bertz CT molecular complexity index is 619. The summed E-state index contributed by atoms with van der Waals surface area (Å²) in [6, 6.07) is 10.7. The maximum absolute atomic E-state index is 4.89. The third-order valence-corrected chi connectivity index (χ3v) is 3.69. The lowest BCUT2D eigenvalue weighted by molar-refractivity contribution is 0.708. The summed E-state index contributed by atoms with van der Waals surface area (Å²) in [7, 11) is 0. The van der Waals surface area contributed by atoms with Gasteiger partial charge >= 0.3 is 0 Å². The van der Waals surface area contributed by atoms with E-state index in [1.807, 2.05) is 0 Å². The van der Waals surface area contributed by atoms with E-state index in [0.29, 0.717) is 0 Å². The van der Waals surface area contributed by atoms with Crippen LogP contribution in [0.4, 0.5) is 5.82 Å². The molecule has 0 atom stereocenters. The number of nitrogens with zero attached hydrogens (tertiary/aromatic N) is 2. The Morgan fingerprint density at radius 3 is 2.95 bits per heavy atom. The van der Waals surface area contributed by atoms with E-state index in [9.17, 15) is 0 Å². The Balaban J connectivity index is 2.04. The van der Waals surface area contributed by atoms with E-state index in [2.05, 4.69) is 59.6 Å². The van der Waals surface area contributed by atoms with Crippen LogP contribution in [0.25, 0.3) is 10.8 Å². The van der Waals surface area contributed by atoms with Crippen molar-refractivity contribution in [3.8, 4) is 0 Å². The third kappa shape index (κ3) is 2.68. The molecule has 0 saturated carbocycles. The number of rotatable bonds is 4. The zero-order valence-corrected chi connectivity index (χ0v) is 12.0. The number of benzene rings is 1. The summed E-state index contributed by atoms with van der Waals surface area (Å²) < 4.78 is 0. The van der Waals surface area contributed by atoms with Crippen LogP contribution in [0.3, 0.4) is 0 Å². The van der Waals surface area contributed by atoms with Crippen LogP contribution in [0.2, 0.25) is 0 Å². The molecule has 0 radical (unpaired) electrons. The molecule has 3 rings (SSSR count). The molecule has 1 aromatic heterocycles. The normalized spacial score (nSPS) is 14.9. The highest BCUT2D eigenvalue weighted by atomic mass is 15.2. The second-order valence-corrected chi connectivity index (χ2v) is 5.14. The quantitative estimate of drug-likeness (QED) is 0.863. The molecule has 0 unspecified atom stereocenters. The molecule has 1 aliphatic rings. The summed E-state index contributed by atoms with van der Waals surface area (Å²) in [6.45, 7) is 5.94. The van der Waals surface area contributed by atoms with Crippen molar-refractivity contribution in [2.75, 3.05) is 24.5 Å². The predicted octanol–water partition coefficient (Wildman–Crippen LogP) is 3.11. The molecular weight excluding hydrogens is 246 g/mol. The van der Waals surface area contributed by atoms with Gasteiger partial charge in [-0.15, -0.1) is 0 Å². The Morgan fingerprint density at radius 2 is 2.15 bits per heavy atom. The predicted molar refractivity (Wildman–Crippen MR) is 85.1 cm³/mol. The summed E-state index contributed by atoms with van der Waals surface area (Å²) in [5.74, 6) is 1.13. The molecule has 0 saturated heterocycles. The second-order valence-electron chi connectivity index (χ2n) is 5.14. The summed E-state index contributed by atoms with van der Waals surface area (Å²) in [5.41, 5.74) is 1.12. The van der Waals surface area contributed by atoms with Crippen molar-refractivity contribution >= 4 is 16.6 Å². The fourth-order valence-corrected chi connectivity index (χ4v) is 2.65. The van der Waals surface area contributed by atoms with Crippen molar-refractivity contribution < 1.29 is 0 Å². The van der Waals surface area contributed by atoms with Crippen molar-refractivity contribution in [1.82, 2.24) is 10.3 Å². The molecule has 2 aromatic rings. The lowest BCUT2D eigenvalue weighted by atomic mass is 10.1. The van der Waals surface area contributed by atoms with Gasteiger partial charge in [0.05, 0.1) is 5.69 Å². The molecule has 0 amide bonds. The summed E-state index contributed by atoms with van der Waals surface area (Å²) >= 11 is 0. The number of nitrogens with one attached hydrogen (secondary N) is 1. The highest BCUT2D eigenvalue weighted by Crippen LogP contribution is 2.26. The lowest BCUT2D eigenvalue weighted by Crippen LogP contribution is -2.28. The maximum Gasteiger partial charge on any atom is 0.137 e. The summed E-state index contributed by atoms with van der Waals surface area (Å²) in [5, 5.41) is 5.89. The van der Waals surface area contributed by atoms with Gasteiger partial charge in [-0.25, -0.2) is 4.98 Å². The van der Waals surface area contributed by atoms with Gasteiger partial charge < -0.3 is 10.2 Å². The van der Waals surface area contributed by atoms with Crippen molar-refractivity contribution in [2.45, 2.75) is 19.9 Å². The molecule has 3 heteroatoms. The van der Waals surface area contributed by atoms with Gasteiger partial charge in [0.1, 0.15) is 5.82 Å². The molecule has 3 nitrogen and oxygen atoms in total. The van der Waals surface area contributed by atoms with Crippen LogP contribution < -0.4 is 10.2 Å². The molecule has 0 aliphatic carbocycles.